The summed E-state index contributed by atoms with van der Waals surface area (Å²) in [5.41, 5.74) is 11.4. The van der Waals surface area contributed by atoms with Crippen molar-refractivity contribution in [2.75, 3.05) is 0 Å². The molecule has 60 heavy (non-hydrogen) atoms. The molecule has 2 aromatic heterocycles. The van der Waals surface area contributed by atoms with E-state index in [0.29, 0.717) is 0 Å². The Kier molecular flexibility index (Phi) is 7.44. The minimum Gasteiger partial charge on any atom is -0.456 e. The van der Waals surface area contributed by atoms with Gasteiger partial charge in [0.2, 0.25) is 0 Å². The van der Waals surface area contributed by atoms with E-state index >= 15 is 0 Å². The van der Waals surface area contributed by atoms with Crippen LogP contribution in [0.1, 0.15) is 74.5 Å². The van der Waals surface area contributed by atoms with Crippen LogP contribution in [0.15, 0.2) is 172 Å². The fourth-order valence-electron chi connectivity index (χ4n) is 10.0. The zero-order valence-corrected chi connectivity index (χ0v) is 34.3. The van der Waals surface area contributed by atoms with Crippen LogP contribution in [0.5, 0.6) is 0 Å². The van der Waals surface area contributed by atoms with Gasteiger partial charge in [-0.2, -0.15) is 0 Å². The number of hydrogen-bond acceptors (Lipinski definition) is 4. The molecule has 0 bridgehead atoms. The first-order valence-corrected chi connectivity index (χ1v) is 21.1. The van der Waals surface area contributed by atoms with Crippen LogP contribution >= 0.6 is 0 Å². The maximum absolute atomic E-state index is 6.33. The van der Waals surface area contributed by atoms with Gasteiger partial charge in [0.05, 0.1) is 11.0 Å². The molecular weight excluding hydrogens is 733 g/mol. The largest absolute Gasteiger partial charge is 0.456 e. The minimum absolute atomic E-state index is 0.0900. The number of aromatic nitrogens is 1. The number of hydrogen-bond donors (Lipinski definition) is 1. The summed E-state index contributed by atoms with van der Waals surface area (Å²) in [5, 5.41) is 13.4. The number of nitrogens with zero attached hydrogens (tertiary/aromatic N) is 3. The zero-order valence-electron chi connectivity index (χ0n) is 34.3. The maximum Gasteiger partial charge on any atom is 0.169 e. The predicted octanol–water partition coefficient (Wildman–Crippen LogP) is 13.8. The predicted molar refractivity (Wildman–Crippen MR) is 250 cm³/mol. The van der Waals surface area contributed by atoms with Crippen molar-refractivity contribution in [1.82, 2.24) is 9.88 Å². The van der Waals surface area contributed by atoms with Crippen molar-refractivity contribution >= 4 is 77.0 Å². The number of aliphatic imine (C=N–C) groups is 2. The van der Waals surface area contributed by atoms with Crippen molar-refractivity contribution in [2.24, 2.45) is 9.98 Å². The highest BCUT2D eigenvalue weighted by Gasteiger charge is 2.38. The van der Waals surface area contributed by atoms with E-state index in [1.165, 1.54) is 67.3 Å². The quantitative estimate of drug-likeness (QED) is 0.193. The fourth-order valence-corrected chi connectivity index (χ4v) is 10.0. The van der Waals surface area contributed by atoms with Crippen LogP contribution < -0.4 is 5.32 Å². The molecule has 0 saturated carbocycles. The fraction of sp³-hybridized carbons (Fsp3) is 0.164. The Hall–Kier alpha value is -6.98. The average Bonchev–Trinajstić information content (AvgIpc) is 3.82. The summed E-state index contributed by atoms with van der Waals surface area (Å²) in [6.07, 6.45) is 1.89. The van der Waals surface area contributed by atoms with Crippen molar-refractivity contribution < 1.29 is 4.42 Å². The van der Waals surface area contributed by atoms with E-state index in [1.54, 1.807) is 0 Å². The van der Waals surface area contributed by atoms with Crippen LogP contribution in [0, 0.1) is 0 Å². The summed E-state index contributed by atoms with van der Waals surface area (Å²) in [5.74, 6) is 1.54. The molecule has 12 rings (SSSR count). The number of benzene rings is 8. The van der Waals surface area contributed by atoms with E-state index in [0.717, 1.165) is 56.0 Å². The molecule has 10 aromatic rings. The van der Waals surface area contributed by atoms with Crippen LogP contribution in [0.4, 0.5) is 0 Å². The Morgan fingerprint density at radius 3 is 1.92 bits per heavy atom. The van der Waals surface area contributed by atoms with E-state index in [1.807, 2.05) is 12.1 Å². The van der Waals surface area contributed by atoms with Gasteiger partial charge in [0.1, 0.15) is 22.8 Å². The highest BCUT2D eigenvalue weighted by molar-refractivity contribution is 6.22. The molecule has 1 unspecified atom stereocenters. The number of para-hydroxylation sites is 1. The Morgan fingerprint density at radius 2 is 1.13 bits per heavy atom. The number of rotatable bonds is 4. The summed E-state index contributed by atoms with van der Waals surface area (Å²) in [6.45, 7) is 9.67. The van der Waals surface area contributed by atoms with Crippen LogP contribution in [0.2, 0.25) is 0 Å². The van der Waals surface area contributed by atoms with Gasteiger partial charge in [0.15, 0.2) is 6.17 Å². The topological polar surface area (TPSA) is 54.8 Å². The van der Waals surface area contributed by atoms with Crippen molar-refractivity contribution in [3.8, 4) is 5.69 Å². The van der Waals surface area contributed by atoms with Crippen molar-refractivity contribution in [3.63, 3.8) is 0 Å². The molecule has 0 saturated heterocycles. The third-order valence-corrected chi connectivity index (χ3v) is 13.5. The van der Waals surface area contributed by atoms with Gasteiger partial charge in [-0.1, -0.05) is 131 Å². The summed E-state index contributed by atoms with van der Waals surface area (Å²) >= 11 is 0. The first-order valence-electron chi connectivity index (χ1n) is 21.1. The molecule has 5 nitrogen and oxygen atoms in total. The van der Waals surface area contributed by atoms with Gasteiger partial charge >= 0.3 is 0 Å². The standard InChI is InChI=1S/C55H44N4O/c1-54(2)27-28-55(3,4)45-32-47-43(31-44(45)54)50-40-14-8-7-12-34(40)22-26-46(50)59(47)39-23-19-35(20-24-39)51-56-52(37-18-17-33-11-5-6-13-36(33)29-37)58-53(57-51)38-21-25-42-41-15-9-10-16-48(41)60-49(42)30-38/h5-26,29-32,51H,27-28H2,1-4H3,(H,56,57,58). The smallest absolute Gasteiger partial charge is 0.169 e. The lowest BCUT2D eigenvalue weighted by molar-refractivity contribution is 0.332. The Labute approximate surface area is 348 Å². The van der Waals surface area contributed by atoms with E-state index in [9.17, 15) is 0 Å². The maximum atomic E-state index is 6.33. The monoisotopic (exact) mass is 776 g/mol. The molecule has 3 heterocycles. The highest BCUT2D eigenvalue weighted by atomic mass is 16.3. The third-order valence-electron chi connectivity index (χ3n) is 13.5. The Bertz CT molecular complexity index is 3470. The second-order valence-electron chi connectivity index (χ2n) is 18.1. The SMILES string of the molecule is CC1(C)CCC(C)(C)c2cc3c(cc21)c1c2ccccc2ccc1n3-c1ccc(C2N=C(c3ccc4ccccc4c3)NC(c3ccc4c(c3)oc3ccccc34)=N2)cc1. The molecule has 8 aromatic carbocycles. The second kappa shape index (κ2) is 12.8. The molecule has 5 heteroatoms. The van der Waals surface area contributed by atoms with Crippen molar-refractivity contribution in [2.45, 2.75) is 57.5 Å². The molecule has 2 aliphatic rings. The molecule has 290 valence electrons. The number of fused-ring (bicyclic) bond motifs is 10. The average molecular weight is 777 g/mol. The molecule has 0 fully saturated rings. The van der Waals surface area contributed by atoms with Gasteiger partial charge in [-0.05, 0) is 117 Å². The molecular formula is C55H44N4O. The van der Waals surface area contributed by atoms with E-state index in [4.69, 9.17) is 14.4 Å². The molecule has 1 aliphatic carbocycles. The number of nitrogens with one attached hydrogen (secondary N) is 1. The van der Waals surface area contributed by atoms with Crippen molar-refractivity contribution in [3.05, 3.63) is 186 Å². The first kappa shape index (κ1) is 35.0. The van der Waals surface area contributed by atoms with Crippen LogP contribution in [0.3, 0.4) is 0 Å². The molecule has 0 spiro atoms. The lowest BCUT2D eigenvalue weighted by Gasteiger charge is -2.42. The normalized spacial score (nSPS) is 17.3. The molecule has 1 atom stereocenters. The van der Waals surface area contributed by atoms with Crippen molar-refractivity contribution in [1.29, 1.82) is 0 Å². The lowest BCUT2D eigenvalue weighted by Crippen LogP contribution is -2.36. The van der Waals surface area contributed by atoms with Crippen LogP contribution in [0.25, 0.3) is 71.0 Å². The van der Waals surface area contributed by atoms with Gasteiger partial charge in [-0.15, -0.1) is 0 Å². The van der Waals surface area contributed by atoms with Gasteiger partial charge in [-0.25, -0.2) is 9.98 Å². The third kappa shape index (κ3) is 5.38. The molecule has 1 aliphatic heterocycles. The van der Waals surface area contributed by atoms with Crippen LogP contribution in [-0.4, -0.2) is 16.2 Å². The van der Waals surface area contributed by atoms with Gasteiger partial charge in [0.25, 0.3) is 0 Å². The summed E-state index contributed by atoms with van der Waals surface area (Å²) in [7, 11) is 0. The number of furan rings is 1. The minimum atomic E-state index is -0.458. The number of amidine groups is 2. The molecule has 0 radical (unpaired) electrons. The summed E-state index contributed by atoms with van der Waals surface area (Å²) in [6, 6.07) is 56.9. The molecule has 1 N–H and O–H groups in total. The van der Waals surface area contributed by atoms with E-state index in [2.05, 4.69) is 183 Å². The van der Waals surface area contributed by atoms with Gasteiger partial charge in [0, 0.05) is 38.4 Å². The summed E-state index contributed by atoms with van der Waals surface area (Å²) in [4.78, 5) is 10.6. The Balaban J connectivity index is 1.01. The van der Waals surface area contributed by atoms with Crippen LogP contribution in [-0.2, 0) is 10.8 Å². The van der Waals surface area contributed by atoms with Gasteiger partial charge in [-0.3, -0.25) is 0 Å². The van der Waals surface area contributed by atoms with E-state index < -0.39 is 6.17 Å². The van der Waals surface area contributed by atoms with E-state index in [-0.39, 0.29) is 10.8 Å². The highest BCUT2D eigenvalue weighted by Crippen LogP contribution is 2.49. The second-order valence-corrected chi connectivity index (χ2v) is 18.1. The van der Waals surface area contributed by atoms with Gasteiger partial charge < -0.3 is 14.3 Å². The zero-order chi connectivity index (χ0) is 40.3. The summed E-state index contributed by atoms with van der Waals surface area (Å²) < 4.78 is 8.80. The molecule has 0 amide bonds. The first-order chi connectivity index (χ1) is 29.2. The lowest BCUT2D eigenvalue weighted by atomic mass is 9.63. The Morgan fingerprint density at radius 1 is 0.517 bits per heavy atom.